The topological polar surface area (TPSA) is 58.0 Å². The Kier molecular flexibility index (Phi) is 5.72. The Bertz CT molecular complexity index is 360. The van der Waals surface area contributed by atoms with Crippen LogP contribution in [0.15, 0.2) is 29.4 Å². The van der Waals surface area contributed by atoms with Gasteiger partial charge >= 0.3 is 0 Å². The molecule has 1 aromatic rings. The fourth-order valence-electron chi connectivity index (χ4n) is 1.42. The van der Waals surface area contributed by atoms with Gasteiger partial charge in [0.15, 0.2) is 0 Å². The highest BCUT2D eigenvalue weighted by Crippen LogP contribution is 2.12. The molecule has 0 amide bonds. The van der Waals surface area contributed by atoms with Crippen molar-refractivity contribution >= 4 is 11.6 Å². The molecule has 4 nitrogen and oxygen atoms in total. The van der Waals surface area contributed by atoms with Crippen LogP contribution in [-0.4, -0.2) is 19.3 Å². The van der Waals surface area contributed by atoms with E-state index in [4.69, 9.17) is 21.9 Å². The van der Waals surface area contributed by atoms with E-state index in [-0.39, 0.29) is 6.10 Å². The predicted octanol–water partition coefficient (Wildman–Crippen LogP) is 3.60. The van der Waals surface area contributed by atoms with Crippen LogP contribution < -0.4 is 0 Å². The molecule has 0 fully saturated rings. The predicted molar refractivity (Wildman–Crippen MR) is 64.6 cm³/mol. The normalized spacial score (nSPS) is 11.9. The Labute approximate surface area is 99.8 Å². The molecule has 16 heavy (non-hydrogen) atoms. The van der Waals surface area contributed by atoms with Crippen molar-refractivity contribution in [1.29, 1.82) is 0 Å². The lowest BCUT2D eigenvalue weighted by Gasteiger charge is -2.14. The second-order valence-corrected chi connectivity index (χ2v) is 3.76. The van der Waals surface area contributed by atoms with Crippen molar-refractivity contribution in [1.82, 2.24) is 0 Å². The van der Waals surface area contributed by atoms with E-state index < -0.39 is 0 Å². The molecule has 0 heterocycles. The van der Waals surface area contributed by atoms with Crippen molar-refractivity contribution in [2.24, 2.45) is 5.11 Å². The van der Waals surface area contributed by atoms with Crippen LogP contribution in [0.2, 0.25) is 5.02 Å². The second-order valence-electron chi connectivity index (χ2n) is 3.32. The number of azide groups is 1. The summed E-state index contributed by atoms with van der Waals surface area (Å²) in [7, 11) is 0. The number of rotatable bonds is 6. The minimum Gasteiger partial charge on any atom is -0.378 e. The van der Waals surface area contributed by atoms with E-state index in [0.29, 0.717) is 18.2 Å². The summed E-state index contributed by atoms with van der Waals surface area (Å²) >= 11 is 5.80. The van der Waals surface area contributed by atoms with Gasteiger partial charge in [-0.25, -0.2) is 0 Å². The standard InChI is InChI=1S/C11H14ClN3O/c1-2-16-11(8-14-15-13)7-9-3-5-10(12)6-4-9/h3-6,11H,2,7-8H2,1H3. The van der Waals surface area contributed by atoms with Gasteiger partial charge in [0, 0.05) is 16.5 Å². The molecule has 0 N–H and O–H groups in total. The van der Waals surface area contributed by atoms with Crippen molar-refractivity contribution in [3.05, 3.63) is 45.3 Å². The molecular weight excluding hydrogens is 226 g/mol. The molecule has 0 spiro atoms. The van der Waals surface area contributed by atoms with Gasteiger partial charge < -0.3 is 4.74 Å². The Morgan fingerprint density at radius 2 is 2.12 bits per heavy atom. The van der Waals surface area contributed by atoms with Crippen LogP contribution in [0.4, 0.5) is 0 Å². The van der Waals surface area contributed by atoms with Crippen LogP contribution in [0.5, 0.6) is 0 Å². The lowest BCUT2D eigenvalue weighted by atomic mass is 10.1. The van der Waals surface area contributed by atoms with Crippen LogP contribution in [0, 0.1) is 0 Å². The van der Waals surface area contributed by atoms with E-state index in [0.717, 1.165) is 12.0 Å². The third kappa shape index (κ3) is 4.53. The van der Waals surface area contributed by atoms with Gasteiger partial charge in [0.1, 0.15) is 0 Å². The smallest absolute Gasteiger partial charge is 0.0671 e. The highest BCUT2D eigenvalue weighted by Gasteiger charge is 2.08. The maximum Gasteiger partial charge on any atom is 0.0671 e. The van der Waals surface area contributed by atoms with E-state index in [1.807, 2.05) is 31.2 Å². The Morgan fingerprint density at radius 3 is 2.69 bits per heavy atom. The van der Waals surface area contributed by atoms with Gasteiger partial charge in [-0.05, 0) is 36.6 Å². The van der Waals surface area contributed by atoms with Gasteiger partial charge in [-0.15, -0.1) is 0 Å². The summed E-state index contributed by atoms with van der Waals surface area (Å²) in [4.78, 5) is 2.74. The maximum absolute atomic E-state index is 8.27. The van der Waals surface area contributed by atoms with Crippen LogP contribution in [0.3, 0.4) is 0 Å². The molecule has 1 aromatic carbocycles. The van der Waals surface area contributed by atoms with Crippen LogP contribution >= 0.6 is 11.6 Å². The van der Waals surface area contributed by atoms with Gasteiger partial charge in [0.05, 0.1) is 12.6 Å². The van der Waals surface area contributed by atoms with Crippen molar-refractivity contribution in [2.75, 3.05) is 13.2 Å². The molecule has 0 radical (unpaired) electrons. The van der Waals surface area contributed by atoms with Crippen LogP contribution in [-0.2, 0) is 11.2 Å². The van der Waals surface area contributed by atoms with Gasteiger partial charge in [-0.2, -0.15) is 0 Å². The SMILES string of the molecule is CCOC(CN=[N+]=[N-])Cc1ccc(Cl)cc1. The molecule has 0 saturated heterocycles. The van der Waals surface area contributed by atoms with E-state index in [1.54, 1.807) is 0 Å². The summed E-state index contributed by atoms with van der Waals surface area (Å²) in [5.41, 5.74) is 9.39. The molecule has 1 rings (SSSR count). The zero-order valence-electron chi connectivity index (χ0n) is 9.14. The highest BCUT2D eigenvalue weighted by atomic mass is 35.5. The van der Waals surface area contributed by atoms with Crippen LogP contribution in [0.25, 0.3) is 10.4 Å². The molecule has 1 unspecified atom stereocenters. The van der Waals surface area contributed by atoms with E-state index in [1.165, 1.54) is 0 Å². The quantitative estimate of drug-likeness (QED) is 0.425. The summed E-state index contributed by atoms with van der Waals surface area (Å²) in [5, 5.41) is 4.25. The minimum absolute atomic E-state index is 0.0675. The first-order valence-corrected chi connectivity index (χ1v) is 5.51. The van der Waals surface area contributed by atoms with Gasteiger partial charge in [0.25, 0.3) is 0 Å². The number of hydrogen-bond donors (Lipinski definition) is 0. The van der Waals surface area contributed by atoms with E-state index in [2.05, 4.69) is 10.0 Å². The maximum atomic E-state index is 8.27. The number of halogens is 1. The Balaban J connectivity index is 2.59. The molecule has 0 bridgehead atoms. The zero-order chi connectivity index (χ0) is 11.8. The minimum atomic E-state index is -0.0675. The molecule has 5 heteroatoms. The summed E-state index contributed by atoms with van der Waals surface area (Å²) in [6.45, 7) is 2.89. The first-order chi connectivity index (χ1) is 7.76. The molecule has 0 saturated carbocycles. The van der Waals surface area contributed by atoms with Gasteiger partial charge in [0.2, 0.25) is 0 Å². The first-order valence-electron chi connectivity index (χ1n) is 5.13. The van der Waals surface area contributed by atoms with Crippen molar-refractivity contribution in [3.8, 4) is 0 Å². The Morgan fingerprint density at radius 1 is 1.44 bits per heavy atom. The van der Waals surface area contributed by atoms with Crippen molar-refractivity contribution < 1.29 is 4.74 Å². The average Bonchev–Trinajstić information content (AvgIpc) is 2.29. The summed E-state index contributed by atoms with van der Waals surface area (Å²) < 4.78 is 5.48. The molecule has 0 aliphatic heterocycles. The lowest BCUT2D eigenvalue weighted by molar-refractivity contribution is 0.0695. The third-order valence-electron chi connectivity index (χ3n) is 2.13. The van der Waals surface area contributed by atoms with Crippen molar-refractivity contribution in [2.45, 2.75) is 19.4 Å². The summed E-state index contributed by atoms with van der Waals surface area (Å²) in [5.74, 6) is 0. The fourth-order valence-corrected chi connectivity index (χ4v) is 1.55. The summed E-state index contributed by atoms with van der Waals surface area (Å²) in [6.07, 6.45) is 0.659. The van der Waals surface area contributed by atoms with Gasteiger partial charge in [-0.3, -0.25) is 0 Å². The average molecular weight is 240 g/mol. The lowest BCUT2D eigenvalue weighted by Crippen LogP contribution is -2.19. The molecule has 0 aromatic heterocycles. The first kappa shape index (κ1) is 12.8. The number of benzene rings is 1. The fraction of sp³-hybridized carbons (Fsp3) is 0.455. The second kappa shape index (κ2) is 7.12. The molecule has 1 atom stereocenters. The number of hydrogen-bond acceptors (Lipinski definition) is 2. The third-order valence-corrected chi connectivity index (χ3v) is 2.38. The monoisotopic (exact) mass is 239 g/mol. The zero-order valence-corrected chi connectivity index (χ0v) is 9.89. The number of ether oxygens (including phenoxy) is 1. The molecular formula is C11H14ClN3O. The van der Waals surface area contributed by atoms with E-state index >= 15 is 0 Å². The molecule has 0 aliphatic carbocycles. The summed E-state index contributed by atoms with van der Waals surface area (Å²) in [6, 6.07) is 7.58. The van der Waals surface area contributed by atoms with Gasteiger partial charge in [-0.1, -0.05) is 28.8 Å². The highest BCUT2D eigenvalue weighted by molar-refractivity contribution is 6.30. The van der Waals surface area contributed by atoms with Crippen LogP contribution in [0.1, 0.15) is 12.5 Å². The van der Waals surface area contributed by atoms with E-state index in [9.17, 15) is 0 Å². The number of nitrogens with zero attached hydrogens (tertiary/aromatic N) is 3. The largest absolute Gasteiger partial charge is 0.378 e. The van der Waals surface area contributed by atoms with Crippen molar-refractivity contribution in [3.63, 3.8) is 0 Å². The molecule has 86 valence electrons. The molecule has 0 aliphatic rings. The Hall–Kier alpha value is -1.22.